The Labute approximate surface area is 94.3 Å². The first-order chi connectivity index (χ1) is 7.89. The molecule has 1 heterocycles. The van der Waals surface area contributed by atoms with Crippen LogP contribution < -0.4 is 0 Å². The van der Waals surface area contributed by atoms with Crippen molar-refractivity contribution in [2.24, 2.45) is 0 Å². The van der Waals surface area contributed by atoms with Crippen LogP contribution in [-0.4, -0.2) is 33.6 Å². The van der Waals surface area contributed by atoms with Gasteiger partial charge in [0.2, 0.25) is 0 Å². The van der Waals surface area contributed by atoms with E-state index in [0.29, 0.717) is 6.20 Å². The highest BCUT2D eigenvalue weighted by Crippen LogP contribution is 2.25. The summed E-state index contributed by atoms with van der Waals surface area (Å²) in [6.07, 6.45) is 1.27. The lowest BCUT2D eigenvalue weighted by molar-refractivity contribution is -0.167. The Morgan fingerprint density at radius 3 is 2.47 bits per heavy atom. The number of carboxylic acid groups (broad SMARTS) is 1. The molecule has 0 bridgehead atoms. The number of carboxylic acids is 1. The van der Waals surface area contributed by atoms with E-state index in [2.05, 4.69) is 14.7 Å². The van der Waals surface area contributed by atoms with Gasteiger partial charge in [-0.1, -0.05) is 0 Å². The average Bonchev–Trinajstić information content (AvgIpc) is 2.29. The van der Waals surface area contributed by atoms with Crippen LogP contribution in [0, 0.1) is 0 Å². The Hall–Kier alpha value is -2.12. The molecule has 0 spiro atoms. The van der Waals surface area contributed by atoms with Crippen molar-refractivity contribution < 1.29 is 28.2 Å². The molecule has 0 saturated heterocycles. The molecular weight excluding hydrogens is 238 g/mol. The molecule has 0 aliphatic rings. The molecule has 0 aromatic carbocycles. The molecule has 1 N–H and O–H groups in total. The quantitative estimate of drug-likeness (QED) is 0.791. The summed E-state index contributed by atoms with van der Waals surface area (Å²) in [7, 11) is 0. The third kappa shape index (κ3) is 2.71. The molecule has 1 aromatic rings. The van der Waals surface area contributed by atoms with E-state index in [-0.39, 0.29) is 12.3 Å². The van der Waals surface area contributed by atoms with Gasteiger partial charge in [0.15, 0.2) is 5.69 Å². The number of aromatic nitrogens is 2. The summed E-state index contributed by atoms with van der Waals surface area (Å²) < 4.78 is 30.4. The van der Waals surface area contributed by atoms with Gasteiger partial charge in [-0.3, -0.25) is 4.98 Å². The van der Waals surface area contributed by atoms with E-state index >= 15 is 0 Å². The largest absolute Gasteiger partial charge is 0.476 e. The van der Waals surface area contributed by atoms with Gasteiger partial charge in [-0.05, 0) is 6.92 Å². The fourth-order valence-corrected chi connectivity index (χ4v) is 0.910. The van der Waals surface area contributed by atoms with Gasteiger partial charge in [0.1, 0.15) is 5.69 Å². The molecule has 92 valence electrons. The van der Waals surface area contributed by atoms with Crippen molar-refractivity contribution in [2.75, 3.05) is 6.61 Å². The van der Waals surface area contributed by atoms with Crippen LogP contribution in [0.15, 0.2) is 12.4 Å². The molecule has 0 aliphatic heterocycles. The molecule has 0 saturated carbocycles. The molecule has 0 fully saturated rings. The Morgan fingerprint density at radius 2 is 2.06 bits per heavy atom. The summed E-state index contributed by atoms with van der Waals surface area (Å²) >= 11 is 0. The molecule has 0 atom stereocenters. The number of halogens is 2. The van der Waals surface area contributed by atoms with Crippen LogP contribution in [0.3, 0.4) is 0 Å². The molecule has 0 aliphatic carbocycles. The molecule has 1 rings (SSSR count). The number of hydrogen-bond donors (Lipinski definition) is 1. The lowest BCUT2D eigenvalue weighted by atomic mass is 10.2. The fourth-order valence-electron chi connectivity index (χ4n) is 0.910. The van der Waals surface area contributed by atoms with Gasteiger partial charge in [-0.2, -0.15) is 8.78 Å². The second-order valence-corrected chi connectivity index (χ2v) is 2.89. The zero-order valence-electron chi connectivity index (χ0n) is 8.68. The van der Waals surface area contributed by atoms with E-state index in [0.717, 1.165) is 6.20 Å². The van der Waals surface area contributed by atoms with Crippen LogP contribution in [0.25, 0.3) is 0 Å². The monoisotopic (exact) mass is 246 g/mol. The number of hydrogen-bond acceptors (Lipinski definition) is 5. The van der Waals surface area contributed by atoms with E-state index in [1.807, 2.05) is 0 Å². The zero-order chi connectivity index (χ0) is 13.1. The van der Waals surface area contributed by atoms with E-state index < -0.39 is 23.6 Å². The minimum absolute atomic E-state index is 0.105. The molecule has 17 heavy (non-hydrogen) atoms. The molecule has 0 radical (unpaired) electrons. The van der Waals surface area contributed by atoms with Crippen molar-refractivity contribution in [1.82, 2.24) is 9.97 Å². The molecule has 0 unspecified atom stereocenters. The van der Waals surface area contributed by atoms with Crippen LogP contribution in [0.4, 0.5) is 8.78 Å². The normalized spacial score (nSPS) is 11.0. The SMILES string of the molecule is CCOC(=O)c1cnc(C(F)(F)C(=O)O)cn1. The average molecular weight is 246 g/mol. The maximum Gasteiger partial charge on any atom is 0.385 e. The Bertz CT molecular complexity index is 433. The summed E-state index contributed by atoms with van der Waals surface area (Å²) in [5.74, 6) is -7.29. The predicted molar refractivity (Wildman–Crippen MR) is 49.5 cm³/mol. The molecular formula is C9H8F2N2O4. The van der Waals surface area contributed by atoms with E-state index in [1.165, 1.54) is 0 Å². The number of rotatable bonds is 4. The second kappa shape index (κ2) is 4.81. The standard InChI is InChI=1S/C9H8F2N2O4/c1-2-17-7(14)5-3-13-6(4-12-5)9(10,11)8(15)16/h3-4H,2H2,1H3,(H,15,16). The van der Waals surface area contributed by atoms with Crippen molar-refractivity contribution in [2.45, 2.75) is 12.8 Å². The molecule has 8 heteroatoms. The molecule has 6 nitrogen and oxygen atoms in total. The Kier molecular flexibility index (Phi) is 3.66. The highest BCUT2D eigenvalue weighted by atomic mass is 19.3. The minimum Gasteiger partial charge on any atom is -0.476 e. The number of aliphatic carboxylic acids is 1. The summed E-state index contributed by atoms with van der Waals surface area (Å²) in [5, 5.41) is 8.25. The number of nitrogens with zero attached hydrogens (tertiary/aromatic N) is 2. The van der Waals surface area contributed by atoms with Crippen molar-refractivity contribution in [3.63, 3.8) is 0 Å². The highest BCUT2D eigenvalue weighted by Gasteiger charge is 2.43. The Morgan fingerprint density at radius 1 is 1.41 bits per heavy atom. The lowest BCUT2D eigenvalue weighted by Gasteiger charge is -2.09. The number of carbonyl (C=O) groups is 2. The first kappa shape index (κ1) is 12.9. The topological polar surface area (TPSA) is 89.4 Å². The van der Waals surface area contributed by atoms with Gasteiger partial charge in [0, 0.05) is 0 Å². The number of alkyl halides is 2. The maximum absolute atomic E-state index is 12.9. The van der Waals surface area contributed by atoms with Crippen molar-refractivity contribution >= 4 is 11.9 Å². The third-order valence-corrected chi connectivity index (χ3v) is 1.73. The van der Waals surface area contributed by atoms with Gasteiger partial charge in [-0.25, -0.2) is 14.6 Å². The number of esters is 1. The second-order valence-electron chi connectivity index (χ2n) is 2.89. The predicted octanol–water partition coefficient (Wildman–Crippen LogP) is 0.830. The van der Waals surface area contributed by atoms with E-state index in [1.54, 1.807) is 6.92 Å². The third-order valence-electron chi connectivity index (χ3n) is 1.73. The maximum atomic E-state index is 12.9. The van der Waals surface area contributed by atoms with Gasteiger partial charge in [0.25, 0.3) is 0 Å². The smallest absolute Gasteiger partial charge is 0.385 e. The summed E-state index contributed by atoms with van der Waals surface area (Å²) in [5.41, 5.74) is -1.31. The fraction of sp³-hybridized carbons (Fsp3) is 0.333. The van der Waals surface area contributed by atoms with Crippen molar-refractivity contribution in [3.8, 4) is 0 Å². The minimum atomic E-state index is -4.14. The van der Waals surface area contributed by atoms with Gasteiger partial charge < -0.3 is 9.84 Å². The summed E-state index contributed by atoms with van der Waals surface area (Å²) in [6.45, 7) is 1.67. The lowest BCUT2D eigenvalue weighted by Crippen LogP contribution is -2.27. The number of carbonyl (C=O) groups excluding carboxylic acids is 1. The first-order valence-corrected chi connectivity index (χ1v) is 4.50. The van der Waals surface area contributed by atoms with Crippen LogP contribution in [0.1, 0.15) is 23.1 Å². The van der Waals surface area contributed by atoms with Gasteiger partial charge in [-0.15, -0.1) is 0 Å². The van der Waals surface area contributed by atoms with Crippen LogP contribution >= 0.6 is 0 Å². The molecule has 1 aromatic heterocycles. The number of ether oxygens (including phenoxy) is 1. The van der Waals surface area contributed by atoms with Crippen molar-refractivity contribution in [3.05, 3.63) is 23.8 Å². The van der Waals surface area contributed by atoms with Crippen LogP contribution in [-0.2, 0) is 15.5 Å². The highest BCUT2D eigenvalue weighted by molar-refractivity contribution is 5.86. The molecule has 0 amide bonds. The first-order valence-electron chi connectivity index (χ1n) is 4.50. The van der Waals surface area contributed by atoms with E-state index in [9.17, 15) is 18.4 Å². The van der Waals surface area contributed by atoms with E-state index in [4.69, 9.17) is 5.11 Å². The van der Waals surface area contributed by atoms with Crippen LogP contribution in [0.5, 0.6) is 0 Å². The Balaban J connectivity index is 2.96. The van der Waals surface area contributed by atoms with Gasteiger partial charge in [0.05, 0.1) is 19.0 Å². The summed E-state index contributed by atoms with van der Waals surface area (Å²) in [6, 6.07) is 0. The van der Waals surface area contributed by atoms with Gasteiger partial charge >= 0.3 is 17.9 Å². The van der Waals surface area contributed by atoms with Crippen LogP contribution in [0.2, 0.25) is 0 Å². The van der Waals surface area contributed by atoms with Crippen molar-refractivity contribution in [1.29, 1.82) is 0 Å². The zero-order valence-corrected chi connectivity index (χ0v) is 8.68. The summed E-state index contributed by atoms with van der Waals surface area (Å²) in [4.78, 5) is 27.9.